The SMILES string of the molecule is O=C(COc1cccc([C@H]2c3sc(=O)[nH]c3SC3C2[C@H]2C[C@@H]3C3C(=O)N(c4ccc(Cl)cc4)C(=O)C32)c1)Nc1ccccc1C(F)(F)F. The molecule has 2 saturated carbocycles. The molecule has 14 heteroatoms. The monoisotopic (exact) mass is 711 g/mol. The van der Waals surface area contributed by atoms with E-state index in [4.69, 9.17) is 16.3 Å². The van der Waals surface area contributed by atoms with Gasteiger partial charge in [0.1, 0.15) is 5.75 Å². The Morgan fingerprint density at radius 1 is 0.979 bits per heavy atom. The summed E-state index contributed by atoms with van der Waals surface area (Å²) in [5.74, 6) is -2.29. The minimum Gasteiger partial charge on any atom is -0.484 e. The van der Waals surface area contributed by atoms with Crippen LogP contribution in [0.5, 0.6) is 5.75 Å². The van der Waals surface area contributed by atoms with Gasteiger partial charge in [-0.05, 0) is 78.3 Å². The van der Waals surface area contributed by atoms with E-state index in [1.165, 1.54) is 23.1 Å². The van der Waals surface area contributed by atoms with E-state index in [9.17, 15) is 32.3 Å². The number of fused-ring (bicyclic) bond motifs is 9. The van der Waals surface area contributed by atoms with Crippen molar-refractivity contribution in [2.45, 2.75) is 28.8 Å². The smallest absolute Gasteiger partial charge is 0.418 e. The maximum absolute atomic E-state index is 13.9. The van der Waals surface area contributed by atoms with Crippen LogP contribution >= 0.6 is 34.7 Å². The predicted molar refractivity (Wildman–Crippen MR) is 174 cm³/mol. The van der Waals surface area contributed by atoms with Crippen molar-refractivity contribution < 1.29 is 32.3 Å². The van der Waals surface area contributed by atoms with Gasteiger partial charge in [0.15, 0.2) is 6.61 Å². The van der Waals surface area contributed by atoms with Gasteiger partial charge in [0.2, 0.25) is 11.8 Å². The molecule has 0 spiro atoms. The number of thioether (sulfide) groups is 1. The summed E-state index contributed by atoms with van der Waals surface area (Å²) in [6.45, 7) is -0.531. The van der Waals surface area contributed by atoms with Gasteiger partial charge in [-0.3, -0.25) is 24.1 Å². The minimum absolute atomic E-state index is 0.0232. The van der Waals surface area contributed by atoms with Crippen molar-refractivity contribution in [1.82, 2.24) is 4.98 Å². The zero-order valence-corrected chi connectivity index (χ0v) is 27.1. The van der Waals surface area contributed by atoms with Crippen LogP contribution in [0.3, 0.4) is 0 Å². The van der Waals surface area contributed by atoms with Crippen LogP contribution in [0.25, 0.3) is 0 Å². The molecule has 2 bridgehead atoms. The Morgan fingerprint density at radius 2 is 1.71 bits per heavy atom. The molecule has 0 radical (unpaired) electrons. The Kier molecular flexibility index (Phi) is 7.49. The first-order valence-electron chi connectivity index (χ1n) is 15.2. The van der Waals surface area contributed by atoms with E-state index in [1.807, 2.05) is 6.07 Å². The van der Waals surface area contributed by atoms with E-state index >= 15 is 0 Å². The van der Waals surface area contributed by atoms with Crippen LogP contribution in [0.1, 0.15) is 28.3 Å². The number of carbonyl (C=O) groups excluding carboxylic acids is 3. The Bertz CT molecular complexity index is 2030. The third-order valence-electron chi connectivity index (χ3n) is 9.90. The maximum atomic E-state index is 13.9. The molecular weight excluding hydrogens is 687 g/mol. The Labute approximate surface area is 284 Å². The number of hydrogen-bond donors (Lipinski definition) is 2. The topological polar surface area (TPSA) is 109 Å². The second-order valence-electron chi connectivity index (χ2n) is 12.4. The van der Waals surface area contributed by atoms with Gasteiger partial charge in [0.05, 0.1) is 33.8 Å². The first kappa shape index (κ1) is 31.2. The van der Waals surface area contributed by atoms with E-state index in [-0.39, 0.29) is 51.3 Å². The van der Waals surface area contributed by atoms with E-state index in [0.29, 0.717) is 16.5 Å². The average Bonchev–Trinajstić information content (AvgIpc) is 3.79. The molecule has 4 aliphatic rings. The molecule has 8 rings (SSSR count). The highest BCUT2D eigenvalue weighted by molar-refractivity contribution is 8.00. The summed E-state index contributed by atoms with van der Waals surface area (Å²) in [6.07, 6.45) is -3.92. The third-order valence-corrected chi connectivity index (χ3v) is 12.7. The minimum atomic E-state index is -4.64. The van der Waals surface area contributed by atoms with Crippen LogP contribution in [0.15, 0.2) is 82.6 Å². The van der Waals surface area contributed by atoms with Crippen LogP contribution in [-0.4, -0.2) is 34.6 Å². The van der Waals surface area contributed by atoms with E-state index < -0.39 is 36.1 Å². The second-order valence-corrected chi connectivity index (χ2v) is 15.0. The molecule has 1 saturated heterocycles. The van der Waals surface area contributed by atoms with Crippen molar-refractivity contribution in [3.63, 3.8) is 0 Å². The first-order valence-corrected chi connectivity index (χ1v) is 17.3. The number of aromatic amines is 1. The zero-order chi connectivity index (χ0) is 33.5. The van der Waals surface area contributed by atoms with Gasteiger partial charge >= 0.3 is 11.0 Å². The first-order chi connectivity index (χ1) is 23.0. The van der Waals surface area contributed by atoms with E-state index in [0.717, 1.165) is 39.3 Å². The van der Waals surface area contributed by atoms with Crippen molar-refractivity contribution in [3.8, 4) is 5.75 Å². The maximum Gasteiger partial charge on any atom is 0.418 e. The number of halogens is 4. The number of para-hydroxylation sites is 1. The predicted octanol–water partition coefficient (Wildman–Crippen LogP) is 6.80. The fourth-order valence-corrected chi connectivity index (χ4v) is 11.2. The molecule has 246 valence electrons. The van der Waals surface area contributed by atoms with Gasteiger partial charge in [-0.25, -0.2) is 0 Å². The number of carbonyl (C=O) groups is 3. The van der Waals surface area contributed by atoms with Crippen LogP contribution in [-0.2, 0) is 20.6 Å². The molecule has 7 atom stereocenters. The average molecular weight is 712 g/mol. The van der Waals surface area contributed by atoms with E-state index in [2.05, 4.69) is 10.3 Å². The number of benzene rings is 3. The lowest BCUT2D eigenvalue weighted by atomic mass is 9.68. The van der Waals surface area contributed by atoms with E-state index in [1.54, 1.807) is 54.2 Å². The second kappa shape index (κ2) is 11.5. The van der Waals surface area contributed by atoms with Crippen LogP contribution in [0, 0.1) is 29.6 Å². The quantitative estimate of drug-likeness (QED) is 0.213. The molecule has 48 heavy (non-hydrogen) atoms. The Morgan fingerprint density at radius 3 is 2.46 bits per heavy atom. The molecular formula is C34H25ClF3N3O5S2. The molecule has 3 heterocycles. The lowest BCUT2D eigenvalue weighted by molar-refractivity contribution is -0.137. The fourth-order valence-electron chi connectivity index (χ4n) is 8.21. The largest absolute Gasteiger partial charge is 0.484 e. The number of amides is 3. The number of aromatic nitrogens is 1. The zero-order valence-electron chi connectivity index (χ0n) is 24.7. The molecule has 2 N–H and O–H groups in total. The van der Waals surface area contributed by atoms with Gasteiger partial charge in [0.25, 0.3) is 5.91 Å². The van der Waals surface area contributed by atoms with Gasteiger partial charge in [0, 0.05) is 21.1 Å². The normalized spacial score (nSPS) is 27.1. The standard InChI is InChI=1S/C34H25ClF3N3O5S2/c35-16-8-10-17(11-9-16)41-31(43)26-19-13-20(27(26)32(41)44)28-25(19)24(29-30(47-28)40-33(45)48-29)15-4-3-5-18(12-15)46-14-23(42)39-22-7-2-1-6-21(22)34(36,37)38/h1-12,19-20,24-28H,13-14H2,(H,39,42)(H,40,45)/t19-,20-,24-,25?,26?,27?,28?/m1/s1. The van der Waals surface area contributed by atoms with Gasteiger partial charge in [-0.1, -0.05) is 47.2 Å². The number of nitrogens with one attached hydrogen (secondary N) is 2. The number of ether oxygens (including phenoxy) is 1. The third kappa shape index (κ3) is 5.05. The van der Waals surface area contributed by atoms with Crippen LogP contribution < -0.4 is 19.8 Å². The Hall–Kier alpha value is -4.07. The molecule has 2 aliphatic heterocycles. The number of imide groups is 1. The number of thiazole rings is 1. The molecule has 2 aliphatic carbocycles. The summed E-state index contributed by atoms with van der Waals surface area (Å²) in [7, 11) is 0. The fraction of sp³-hybridized carbons (Fsp3) is 0.294. The molecule has 3 aromatic carbocycles. The summed E-state index contributed by atoms with van der Waals surface area (Å²) in [4.78, 5) is 57.9. The van der Waals surface area contributed by atoms with Crippen molar-refractivity contribution in [2.75, 3.05) is 16.8 Å². The van der Waals surface area contributed by atoms with Crippen molar-refractivity contribution in [1.29, 1.82) is 0 Å². The number of anilines is 2. The highest BCUT2D eigenvalue weighted by Gasteiger charge is 2.69. The number of nitrogens with zero attached hydrogens (tertiary/aromatic N) is 1. The molecule has 4 aromatic rings. The Balaban J connectivity index is 1.07. The lowest BCUT2D eigenvalue weighted by Crippen LogP contribution is -2.42. The summed E-state index contributed by atoms with van der Waals surface area (Å²) < 4.78 is 46.0. The summed E-state index contributed by atoms with van der Waals surface area (Å²) in [6, 6.07) is 18.5. The van der Waals surface area contributed by atoms with Crippen molar-refractivity contribution in [3.05, 3.63) is 103 Å². The van der Waals surface area contributed by atoms with Gasteiger partial charge in [-0.2, -0.15) is 13.2 Å². The number of alkyl halides is 3. The summed E-state index contributed by atoms with van der Waals surface area (Å²) >= 11 is 8.76. The molecule has 1 aromatic heterocycles. The number of H-pyrrole nitrogens is 1. The molecule has 8 nitrogen and oxygen atoms in total. The summed E-state index contributed by atoms with van der Waals surface area (Å²) in [5.41, 5.74) is -0.0116. The number of rotatable bonds is 6. The number of hydrogen-bond acceptors (Lipinski definition) is 7. The highest BCUT2D eigenvalue weighted by Crippen LogP contribution is 2.68. The molecule has 3 amide bonds. The highest BCUT2D eigenvalue weighted by atomic mass is 35.5. The lowest BCUT2D eigenvalue weighted by Gasteiger charge is -2.43. The van der Waals surface area contributed by atoms with Crippen molar-refractivity contribution >= 4 is 63.8 Å². The van der Waals surface area contributed by atoms with Gasteiger partial charge < -0.3 is 15.0 Å². The van der Waals surface area contributed by atoms with Crippen LogP contribution in [0.4, 0.5) is 24.5 Å². The van der Waals surface area contributed by atoms with Gasteiger partial charge in [-0.15, -0.1) is 11.8 Å². The molecule has 3 fully saturated rings. The summed E-state index contributed by atoms with van der Waals surface area (Å²) in [5, 5.41) is 3.51. The van der Waals surface area contributed by atoms with Crippen molar-refractivity contribution in [2.24, 2.45) is 29.6 Å². The molecule has 4 unspecified atom stereocenters. The van der Waals surface area contributed by atoms with Crippen LogP contribution in [0.2, 0.25) is 5.02 Å².